The fourth-order valence-corrected chi connectivity index (χ4v) is 6.76. The Morgan fingerprint density at radius 1 is 0.278 bits per heavy atom. The van der Waals surface area contributed by atoms with Gasteiger partial charge in [-0.05, 0) is 77.8 Å². The molecule has 0 spiro atoms. The Balaban J connectivity index is 1.19. The number of rotatable bonds is 6. The molecule has 0 atom stereocenters. The van der Waals surface area contributed by atoms with Gasteiger partial charge in [-0.1, -0.05) is 188 Å². The lowest BCUT2D eigenvalue weighted by Gasteiger charge is -2.13. The van der Waals surface area contributed by atoms with Crippen molar-refractivity contribution < 1.29 is 15.1 Å². The molecule has 0 aliphatic rings. The zero-order valence-electron chi connectivity index (χ0n) is 39.5. The third-order valence-electron chi connectivity index (χ3n) is 9.48. The van der Waals surface area contributed by atoms with Crippen LogP contribution in [-0.4, -0.2) is 15.0 Å². The van der Waals surface area contributed by atoms with Crippen molar-refractivity contribution in [3.63, 3.8) is 0 Å². The molecule has 0 saturated heterocycles. The topological polar surface area (TPSA) is 38.7 Å². The van der Waals surface area contributed by atoms with Crippen LogP contribution < -0.4 is 0 Å². The highest BCUT2D eigenvalue weighted by Gasteiger charge is 2.15. The first-order chi connectivity index (χ1) is 31.3. The average Bonchev–Trinajstić information content (AvgIpc) is 3.35. The van der Waals surface area contributed by atoms with Crippen molar-refractivity contribution in [1.82, 2.24) is 15.0 Å². The van der Waals surface area contributed by atoms with Gasteiger partial charge < -0.3 is 0 Å². The predicted octanol–water partition coefficient (Wildman–Crippen LogP) is 13.3. The molecule has 9 aromatic carbocycles. The normalized spacial score (nSPS) is 14.2. The Bertz CT molecular complexity index is 3440. The van der Waals surface area contributed by atoms with E-state index in [1.807, 2.05) is 109 Å². The molecule has 0 unspecified atom stereocenters. The maximum Gasteiger partial charge on any atom is 0.164 e. The first-order valence-corrected chi connectivity index (χ1v) is 17.4. The maximum absolute atomic E-state index is 9.72. The molecular weight excluding hydrogens is 655 g/mol. The minimum atomic E-state index is -0.620. The van der Waals surface area contributed by atoms with Gasteiger partial charge in [-0.3, -0.25) is 0 Å². The molecule has 10 rings (SSSR count). The van der Waals surface area contributed by atoms with E-state index in [-0.39, 0.29) is 49.7 Å². The summed E-state index contributed by atoms with van der Waals surface area (Å²) in [6.45, 7) is 0. The molecule has 1 aromatic heterocycles. The molecule has 10 aromatic rings. The van der Waals surface area contributed by atoms with E-state index in [4.69, 9.17) is 25.9 Å². The van der Waals surface area contributed by atoms with E-state index in [2.05, 4.69) is 0 Å². The van der Waals surface area contributed by atoms with Crippen LogP contribution in [-0.2, 0) is 0 Å². The van der Waals surface area contributed by atoms with Crippen LogP contribution in [0.5, 0.6) is 0 Å². The van der Waals surface area contributed by atoms with Crippen LogP contribution in [0.4, 0.5) is 0 Å². The minimum Gasteiger partial charge on any atom is -0.208 e. The van der Waals surface area contributed by atoms with Gasteiger partial charge in [0.05, 0.1) is 15.1 Å². The molecular formula is C51H33N3. The second-order valence-electron chi connectivity index (χ2n) is 12.8. The highest BCUT2D eigenvalue weighted by atomic mass is 15.0. The summed E-state index contributed by atoms with van der Waals surface area (Å²) < 4.78 is 98.2. The van der Waals surface area contributed by atoms with E-state index in [0.717, 1.165) is 33.4 Å². The standard InChI is InChI=1S/C51H33N3/c1-3-12-34(13-4-1)36-22-26-38(27-23-36)49-52-50(39-28-24-37(25-29-39)35-14-5-2-6-15-35)54-51(53-49)42-17-11-16-40(32-42)41-30-31-47-45-20-8-7-18-43(45)44-19-9-10-21-46(44)48(47)33-41/h1-33H/i7D,8D,9D,10D,18D,19D,20D,21D,30D,31D,33D. The lowest BCUT2D eigenvalue weighted by molar-refractivity contribution is 1.07. The van der Waals surface area contributed by atoms with Crippen molar-refractivity contribution in [2.75, 3.05) is 0 Å². The molecule has 3 nitrogen and oxygen atoms in total. The number of hydrogen-bond donors (Lipinski definition) is 0. The van der Waals surface area contributed by atoms with E-state index in [0.29, 0.717) is 22.8 Å². The molecule has 1 heterocycles. The van der Waals surface area contributed by atoms with Crippen molar-refractivity contribution >= 4 is 32.3 Å². The number of fused-ring (bicyclic) bond motifs is 6. The lowest BCUT2D eigenvalue weighted by Crippen LogP contribution is -2.00. The van der Waals surface area contributed by atoms with E-state index < -0.39 is 60.4 Å². The van der Waals surface area contributed by atoms with Gasteiger partial charge in [0, 0.05) is 16.7 Å². The molecule has 0 aliphatic carbocycles. The third-order valence-corrected chi connectivity index (χ3v) is 9.48. The summed E-state index contributed by atoms with van der Waals surface area (Å²) >= 11 is 0. The van der Waals surface area contributed by atoms with E-state index in [1.165, 1.54) is 0 Å². The lowest BCUT2D eigenvalue weighted by atomic mass is 9.92. The molecule has 54 heavy (non-hydrogen) atoms. The number of benzene rings is 9. The van der Waals surface area contributed by atoms with Gasteiger partial charge in [0.2, 0.25) is 0 Å². The Morgan fingerprint density at radius 2 is 0.648 bits per heavy atom. The quantitative estimate of drug-likeness (QED) is 0.162. The zero-order valence-corrected chi connectivity index (χ0v) is 28.5. The van der Waals surface area contributed by atoms with Crippen molar-refractivity contribution in [3.05, 3.63) is 200 Å². The summed E-state index contributed by atoms with van der Waals surface area (Å²) in [5, 5.41) is -1.10. The van der Waals surface area contributed by atoms with Crippen LogP contribution in [0.1, 0.15) is 15.1 Å². The minimum absolute atomic E-state index is 0.0271. The highest BCUT2D eigenvalue weighted by Crippen LogP contribution is 2.38. The fraction of sp³-hybridized carbons (Fsp3) is 0. The smallest absolute Gasteiger partial charge is 0.164 e. The van der Waals surface area contributed by atoms with Crippen molar-refractivity contribution in [2.24, 2.45) is 0 Å². The van der Waals surface area contributed by atoms with E-state index in [9.17, 15) is 4.11 Å². The second kappa shape index (κ2) is 13.4. The Labute approximate surface area is 329 Å². The van der Waals surface area contributed by atoms with Gasteiger partial charge in [-0.2, -0.15) is 0 Å². The van der Waals surface area contributed by atoms with Crippen molar-refractivity contribution in [1.29, 1.82) is 0 Å². The van der Waals surface area contributed by atoms with Crippen molar-refractivity contribution in [2.45, 2.75) is 0 Å². The van der Waals surface area contributed by atoms with Gasteiger partial charge in [-0.25, -0.2) is 15.0 Å². The first kappa shape index (κ1) is 22.0. The summed E-state index contributed by atoms with van der Waals surface area (Å²) in [6.07, 6.45) is 0. The Morgan fingerprint density at radius 3 is 1.15 bits per heavy atom. The Hall–Kier alpha value is -7.23. The monoisotopic (exact) mass is 698 g/mol. The van der Waals surface area contributed by atoms with E-state index >= 15 is 0 Å². The number of nitrogens with zero attached hydrogens (tertiary/aromatic N) is 3. The molecule has 0 radical (unpaired) electrons. The summed E-state index contributed by atoms with van der Waals surface area (Å²) in [4.78, 5) is 14.8. The van der Waals surface area contributed by atoms with Crippen LogP contribution in [0.15, 0.2) is 200 Å². The van der Waals surface area contributed by atoms with Gasteiger partial charge in [0.25, 0.3) is 0 Å². The summed E-state index contributed by atoms with van der Waals surface area (Å²) in [6, 6.07) is 36.8. The highest BCUT2D eigenvalue weighted by molar-refractivity contribution is 6.25. The van der Waals surface area contributed by atoms with Crippen LogP contribution >= 0.6 is 0 Å². The second-order valence-corrected chi connectivity index (χ2v) is 12.8. The third kappa shape index (κ3) is 5.78. The van der Waals surface area contributed by atoms with Gasteiger partial charge in [-0.15, -0.1) is 0 Å². The maximum atomic E-state index is 9.72. The predicted molar refractivity (Wildman–Crippen MR) is 225 cm³/mol. The van der Waals surface area contributed by atoms with Gasteiger partial charge in [0.1, 0.15) is 0 Å². The Kier molecular flexibility index (Phi) is 5.45. The van der Waals surface area contributed by atoms with Gasteiger partial charge in [0.15, 0.2) is 17.5 Å². The van der Waals surface area contributed by atoms with Crippen LogP contribution in [0, 0.1) is 0 Å². The summed E-state index contributed by atoms with van der Waals surface area (Å²) in [5.74, 6) is 1.10. The number of aromatic nitrogens is 3. The molecule has 0 amide bonds. The first-order valence-electron chi connectivity index (χ1n) is 22.9. The SMILES string of the molecule is [2H]c1c([2H])c([2H])c2c(c1[2H])c1c([2H])c([2H])c([2H])c([2H])c1c1c([2H])c(-c3cccc(-c4nc(-c5ccc(-c6ccccc6)cc5)nc(-c5ccc(-c6ccccc6)cc5)n4)c3)c([2H])c([2H])c21. The molecule has 0 saturated carbocycles. The average molecular weight is 699 g/mol. The van der Waals surface area contributed by atoms with E-state index in [1.54, 1.807) is 24.3 Å². The molecule has 252 valence electrons. The van der Waals surface area contributed by atoms with Crippen LogP contribution in [0.3, 0.4) is 0 Å². The zero-order chi connectivity index (χ0) is 45.4. The van der Waals surface area contributed by atoms with Crippen LogP contribution in [0.2, 0.25) is 0 Å². The molecule has 0 N–H and O–H groups in total. The summed E-state index contributed by atoms with van der Waals surface area (Å²) in [5.41, 5.74) is 6.43. The van der Waals surface area contributed by atoms with Crippen molar-refractivity contribution in [3.8, 4) is 67.5 Å². The number of hydrogen-bond acceptors (Lipinski definition) is 3. The van der Waals surface area contributed by atoms with Crippen LogP contribution in [0.25, 0.3) is 99.9 Å². The molecule has 0 bridgehead atoms. The molecule has 3 heteroatoms. The fourth-order valence-electron chi connectivity index (χ4n) is 6.76. The summed E-state index contributed by atoms with van der Waals surface area (Å²) in [7, 11) is 0. The molecule has 0 fully saturated rings. The van der Waals surface area contributed by atoms with Gasteiger partial charge >= 0.3 is 0 Å². The largest absolute Gasteiger partial charge is 0.208 e. The molecule has 0 aliphatic heterocycles.